The number of nitrogens with one attached hydrogen (secondary N) is 1. The predicted molar refractivity (Wildman–Crippen MR) is 114 cm³/mol. The number of carbonyl (C=O) groups excluding carboxylic acids is 2. The molecule has 0 radical (unpaired) electrons. The quantitative estimate of drug-likeness (QED) is 0.467. The van der Waals surface area contributed by atoms with Crippen LogP contribution >= 0.6 is 11.6 Å². The van der Waals surface area contributed by atoms with E-state index in [1.807, 2.05) is 79.7 Å². The molecule has 0 bridgehead atoms. The smallest absolute Gasteiger partial charge is 0.239 e. The van der Waals surface area contributed by atoms with E-state index in [0.717, 1.165) is 11.1 Å². The Hall–Kier alpha value is -3.11. The average Bonchev–Trinajstić information content (AvgIpc) is 2.74. The number of para-hydroxylation sites is 1. The summed E-state index contributed by atoms with van der Waals surface area (Å²) in [5.74, 6) is -1.24. The largest absolute Gasteiger partial charge is 0.327 e. The minimum absolute atomic E-state index is 0.148. The van der Waals surface area contributed by atoms with E-state index in [4.69, 9.17) is 11.6 Å². The van der Waals surface area contributed by atoms with Crippen LogP contribution in [-0.2, 0) is 9.59 Å². The van der Waals surface area contributed by atoms with Gasteiger partial charge in [-0.1, -0.05) is 72.3 Å². The molecule has 1 heterocycles. The number of hydrogen-bond acceptors (Lipinski definition) is 2. The summed E-state index contributed by atoms with van der Waals surface area (Å²) >= 11 is 6.05. The number of β-lactam (4-membered cyclic amide) rings is 1. The Kier molecular flexibility index (Phi) is 5.36. The molecule has 29 heavy (non-hydrogen) atoms. The van der Waals surface area contributed by atoms with Crippen molar-refractivity contribution in [1.29, 1.82) is 0 Å². The highest BCUT2D eigenvalue weighted by atomic mass is 35.5. The van der Waals surface area contributed by atoms with Crippen molar-refractivity contribution in [3.63, 3.8) is 0 Å². The maximum Gasteiger partial charge on any atom is 0.239 e. The molecule has 0 aromatic heterocycles. The number of benzene rings is 3. The average molecular weight is 405 g/mol. The van der Waals surface area contributed by atoms with E-state index in [-0.39, 0.29) is 23.9 Å². The normalized spacial score (nSPS) is 19.4. The van der Waals surface area contributed by atoms with Gasteiger partial charge in [0.2, 0.25) is 11.8 Å². The van der Waals surface area contributed by atoms with Crippen LogP contribution in [0.1, 0.15) is 30.1 Å². The number of anilines is 1. The first-order valence-electron chi connectivity index (χ1n) is 9.55. The lowest BCUT2D eigenvalue weighted by Gasteiger charge is -2.49. The maximum atomic E-state index is 13.1. The van der Waals surface area contributed by atoms with Gasteiger partial charge >= 0.3 is 0 Å². The molecule has 4 rings (SSSR count). The van der Waals surface area contributed by atoms with E-state index in [2.05, 4.69) is 5.32 Å². The summed E-state index contributed by atoms with van der Waals surface area (Å²) in [7, 11) is 0. The van der Waals surface area contributed by atoms with Gasteiger partial charge in [-0.3, -0.25) is 9.59 Å². The van der Waals surface area contributed by atoms with E-state index in [9.17, 15) is 9.59 Å². The Morgan fingerprint density at radius 3 is 2.14 bits per heavy atom. The molecule has 0 spiro atoms. The molecule has 2 amide bonds. The third-order valence-corrected chi connectivity index (χ3v) is 5.62. The Labute approximate surface area is 175 Å². The fourth-order valence-corrected chi connectivity index (χ4v) is 3.97. The summed E-state index contributed by atoms with van der Waals surface area (Å²) in [6, 6.07) is 25.9. The van der Waals surface area contributed by atoms with Gasteiger partial charge < -0.3 is 10.2 Å². The number of likely N-dealkylation sites (tertiary alicyclic amines) is 1. The third-order valence-electron chi connectivity index (χ3n) is 5.37. The lowest BCUT2D eigenvalue weighted by atomic mass is 9.79. The fraction of sp³-hybridized carbons (Fsp3) is 0.167. The van der Waals surface area contributed by atoms with Crippen molar-refractivity contribution in [2.24, 2.45) is 5.92 Å². The molecule has 146 valence electrons. The van der Waals surface area contributed by atoms with Crippen molar-refractivity contribution in [3.8, 4) is 0 Å². The first-order chi connectivity index (χ1) is 14.1. The van der Waals surface area contributed by atoms with Gasteiger partial charge in [-0.05, 0) is 42.3 Å². The van der Waals surface area contributed by atoms with Crippen LogP contribution in [0.25, 0.3) is 0 Å². The second-order valence-electron chi connectivity index (χ2n) is 7.16. The highest BCUT2D eigenvalue weighted by molar-refractivity contribution is 6.30. The topological polar surface area (TPSA) is 49.4 Å². The summed E-state index contributed by atoms with van der Waals surface area (Å²) in [4.78, 5) is 27.9. The van der Waals surface area contributed by atoms with Crippen molar-refractivity contribution >= 4 is 29.1 Å². The summed E-state index contributed by atoms with van der Waals surface area (Å²) in [6.07, 6.45) is 0. The minimum atomic E-state index is -0.775. The van der Waals surface area contributed by atoms with Crippen LogP contribution in [0.4, 0.5) is 5.69 Å². The summed E-state index contributed by atoms with van der Waals surface area (Å²) in [5, 5.41) is 3.49. The van der Waals surface area contributed by atoms with E-state index >= 15 is 0 Å². The van der Waals surface area contributed by atoms with Gasteiger partial charge in [0.05, 0.1) is 12.1 Å². The van der Waals surface area contributed by atoms with Crippen molar-refractivity contribution in [2.75, 3.05) is 5.32 Å². The van der Waals surface area contributed by atoms with Crippen LogP contribution in [0.5, 0.6) is 0 Å². The molecule has 0 aliphatic carbocycles. The molecular formula is C24H21ClN2O2. The van der Waals surface area contributed by atoms with Crippen molar-refractivity contribution in [3.05, 3.63) is 101 Å². The van der Waals surface area contributed by atoms with Crippen LogP contribution in [0.3, 0.4) is 0 Å². The van der Waals surface area contributed by atoms with Crippen LogP contribution in [0, 0.1) is 5.92 Å². The minimum Gasteiger partial charge on any atom is -0.327 e. The lowest BCUT2D eigenvalue weighted by Crippen LogP contribution is -2.59. The lowest BCUT2D eigenvalue weighted by molar-refractivity contribution is -0.165. The number of rotatable bonds is 5. The molecule has 1 N–H and O–H groups in total. The zero-order chi connectivity index (χ0) is 20.4. The summed E-state index contributed by atoms with van der Waals surface area (Å²) < 4.78 is 0. The van der Waals surface area contributed by atoms with Gasteiger partial charge in [-0.15, -0.1) is 0 Å². The number of hydrogen-bond donors (Lipinski definition) is 1. The zero-order valence-corrected chi connectivity index (χ0v) is 16.7. The second-order valence-corrected chi connectivity index (χ2v) is 7.60. The van der Waals surface area contributed by atoms with Crippen LogP contribution in [-0.4, -0.2) is 16.7 Å². The zero-order valence-electron chi connectivity index (χ0n) is 16.0. The van der Waals surface area contributed by atoms with Crippen LogP contribution < -0.4 is 5.32 Å². The molecule has 1 fully saturated rings. The SMILES string of the molecule is CC(c1ccccc1)N1C(=O)[C@H](C(=O)Nc2ccccc2)[C@H]1c1ccc(Cl)cc1. The van der Waals surface area contributed by atoms with Gasteiger partial charge in [0.1, 0.15) is 5.92 Å². The Morgan fingerprint density at radius 1 is 0.931 bits per heavy atom. The molecule has 4 nitrogen and oxygen atoms in total. The highest BCUT2D eigenvalue weighted by Gasteiger charge is 2.54. The van der Waals surface area contributed by atoms with Crippen molar-refractivity contribution in [1.82, 2.24) is 4.90 Å². The van der Waals surface area contributed by atoms with Gasteiger partial charge in [0.15, 0.2) is 0 Å². The first kappa shape index (κ1) is 19.2. The van der Waals surface area contributed by atoms with E-state index < -0.39 is 5.92 Å². The molecule has 1 saturated heterocycles. The fourth-order valence-electron chi connectivity index (χ4n) is 3.85. The van der Waals surface area contributed by atoms with Crippen LogP contribution in [0.15, 0.2) is 84.9 Å². The van der Waals surface area contributed by atoms with E-state index in [1.165, 1.54) is 0 Å². The number of nitrogens with zero attached hydrogens (tertiary/aromatic N) is 1. The maximum absolute atomic E-state index is 13.1. The third kappa shape index (κ3) is 3.76. The molecule has 3 aromatic carbocycles. The van der Waals surface area contributed by atoms with Gasteiger partial charge in [-0.25, -0.2) is 0 Å². The van der Waals surface area contributed by atoms with E-state index in [0.29, 0.717) is 10.7 Å². The molecule has 5 heteroatoms. The monoisotopic (exact) mass is 404 g/mol. The Bertz CT molecular complexity index is 1010. The molecule has 1 aliphatic heterocycles. The Morgan fingerprint density at radius 2 is 1.52 bits per heavy atom. The highest BCUT2D eigenvalue weighted by Crippen LogP contribution is 2.46. The molecule has 3 atom stereocenters. The van der Waals surface area contributed by atoms with Crippen molar-refractivity contribution < 1.29 is 9.59 Å². The number of amides is 2. The van der Waals surface area contributed by atoms with Gasteiger partial charge in [-0.2, -0.15) is 0 Å². The standard InChI is InChI=1S/C24H21ClN2O2/c1-16(17-8-4-2-5-9-17)27-22(18-12-14-19(25)15-13-18)21(24(27)29)23(28)26-20-10-6-3-7-11-20/h2-16,21-22H,1H3,(H,26,28)/t16?,21-,22+/m0/s1. The first-order valence-corrected chi connectivity index (χ1v) is 9.92. The molecule has 1 unspecified atom stereocenters. The summed E-state index contributed by atoms with van der Waals surface area (Å²) in [6.45, 7) is 1.99. The number of carbonyl (C=O) groups is 2. The predicted octanol–water partition coefficient (Wildman–Crippen LogP) is 5.24. The van der Waals surface area contributed by atoms with Gasteiger partial charge in [0.25, 0.3) is 0 Å². The summed E-state index contributed by atoms with van der Waals surface area (Å²) in [5.41, 5.74) is 2.60. The second kappa shape index (κ2) is 8.10. The van der Waals surface area contributed by atoms with Gasteiger partial charge in [0, 0.05) is 10.7 Å². The molecule has 1 aliphatic rings. The number of halogens is 1. The Balaban J connectivity index is 1.65. The molecular weight excluding hydrogens is 384 g/mol. The molecule has 0 saturated carbocycles. The van der Waals surface area contributed by atoms with E-state index in [1.54, 1.807) is 17.0 Å². The van der Waals surface area contributed by atoms with Crippen molar-refractivity contribution in [2.45, 2.75) is 19.0 Å². The van der Waals surface area contributed by atoms with Crippen LogP contribution in [0.2, 0.25) is 5.02 Å². The molecule has 3 aromatic rings.